The fraction of sp³-hybridized carbons (Fsp3) is 0.0588. The summed E-state index contributed by atoms with van der Waals surface area (Å²) in [5, 5.41) is 5.48. The molecule has 0 aliphatic heterocycles. The fourth-order valence-corrected chi connectivity index (χ4v) is 13.4. The van der Waals surface area contributed by atoms with Gasteiger partial charge in [0.1, 0.15) is 0 Å². The summed E-state index contributed by atoms with van der Waals surface area (Å²) in [6, 6.07) is 78.5. The van der Waals surface area contributed by atoms with Crippen LogP contribution in [0.5, 0.6) is 0 Å². The van der Waals surface area contributed by atoms with Gasteiger partial charge in [0.2, 0.25) is 0 Å². The van der Waals surface area contributed by atoms with Gasteiger partial charge in [0.25, 0.3) is 0 Å². The summed E-state index contributed by atoms with van der Waals surface area (Å²) in [6.07, 6.45) is 0. The van der Waals surface area contributed by atoms with E-state index in [-0.39, 0.29) is 5.41 Å². The van der Waals surface area contributed by atoms with Gasteiger partial charge in [0.15, 0.2) is 8.07 Å². The lowest BCUT2D eigenvalue weighted by Crippen LogP contribution is -2.74. The zero-order chi connectivity index (χ0) is 35.8. The lowest BCUT2D eigenvalue weighted by Gasteiger charge is -2.35. The van der Waals surface area contributed by atoms with Gasteiger partial charge in [0, 0.05) is 22.5 Å². The van der Waals surface area contributed by atoms with Crippen molar-refractivity contribution < 1.29 is 0 Å². The second kappa shape index (κ2) is 13.4. The zero-order valence-electron chi connectivity index (χ0n) is 30.2. The van der Waals surface area contributed by atoms with E-state index in [0.717, 1.165) is 17.1 Å². The Morgan fingerprint density at radius 1 is 0.340 bits per heavy atom. The van der Waals surface area contributed by atoms with Crippen molar-refractivity contribution in [2.24, 2.45) is 0 Å². The van der Waals surface area contributed by atoms with Crippen molar-refractivity contribution in [2.45, 2.75) is 19.3 Å². The summed E-state index contributed by atoms with van der Waals surface area (Å²) in [6.45, 7) is 4.71. The van der Waals surface area contributed by atoms with E-state index in [0.29, 0.717) is 0 Å². The molecule has 1 nitrogen and oxygen atoms in total. The van der Waals surface area contributed by atoms with Crippen LogP contribution in [0.2, 0.25) is 0 Å². The SMILES string of the molecule is CC1(C)c2ccccc2-c2ccc(N(c3ccc(-c4ccccc4)cc3)c3ccc([Si](c4ccccc4)(c4ccccc4)c4ccccc4)cc3)cc21. The van der Waals surface area contributed by atoms with Crippen LogP contribution in [0.25, 0.3) is 22.3 Å². The largest absolute Gasteiger partial charge is 0.310 e. The monoisotopic (exact) mass is 695 g/mol. The number of benzene rings is 8. The van der Waals surface area contributed by atoms with Gasteiger partial charge in [-0.1, -0.05) is 190 Å². The van der Waals surface area contributed by atoms with Crippen molar-refractivity contribution in [2.75, 3.05) is 4.90 Å². The maximum absolute atomic E-state index is 2.65. The molecule has 0 atom stereocenters. The Bertz CT molecular complexity index is 2390. The minimum Gasteiger partial charge on any atom is -0.310 e. The second-order valence-corrected chi connectivity index (χ2v) is 18.4. The van der Waals surface area contributed by atoms with Crippen LogP contribution in [0.1, 0.15) is 25.0 Å². The first-order valence-electron chi connectivity index (χ1n) is 18.5. The van der Waals surface area contributed by atoms with Crippen LogP contribution in [0.15, 0.2) is 212 Å². The number of rotatable bonds is 8. The average molecular weight is 696 g/mol. The van der Waals surface area contributed by atoms with Crippen LogP contribution in [0.4, 0.5) is 17.1 Å². The molecule has 1 aliphatic rings. The predicted octanol–water partition coefficient (Wildman–Crippen LogP) is 10.5. The number of fused-ring (bicyclic) bond motifs is 3. The van der Waals surface area contributed by atoms with E-state index in [1.165, 1.54) is 54.1 Å². The number of hydrogen-bond acceptors (Lipinski definition) is 1. The Hall–Kier alpha value is -6.22. The smallest absolute Gasteiger partial charge is 0.179 e. The minimum atomic E-state index is -2.65. The number of anilines is 3. The van der Waals surface area contributed by atoms with Gasteiger partial charge >= 0.3 is 0 Å². The second-order valence-electron chi connectivity index (χ2n) is 14.5. The molecule has 0 radical (unpaired) electrons. The van der Waals surface area contributed by atoms with Crippen LogP contribution >= 0.6 is 0 Å². The lowest BCUT2D eigenvalue weighted by atomic mass is 9.82. The van der Waals surface area contributed by atoms with E-state index in [4.69, 9.17) is 0 Å². The van der Waals surface area contributed by atoms with Gasteiger partial charge in [-0.05, 0) is 90.5 Å². The van der Waals surface area contributed by atoms with Crippen molar-refractivity contribution in [1.82, 2.24) is 0 Å². The molecule has 0 fully saturated rings. The zero-order valence-corrected chi connectivity index (χ0v) is 31.2. The van der Waals surface area contributed by atoms with E-state index in [1.807, 2.05) is 0 Å². The molecule has 0 saturated heterocycles. The summed E-state index contributed by atoms with van der Waals surface area (Å²) < 4.78 is 0. The van der Waals surface area contributed by atoms with Crippen molar-refractivity contribution in [3.63, 3.8) is 0 Å². The maximum Gasteiger partial charge on any atom is 0.179 e. The average Bonchev–Trinajstić information content (AvgIpc) is 3.46. The van der Waals surface area contributed by atoms with Crippen molar-refractivity contribution in [3.8, 4) is 22.3 Å². The molecule has 254 valence electrons. The molecule has 2 heteroatoms. The highest BCUT2D eigenvalue weighted by Gasteiger charge is 2.41. The Morgan fingerprint density at radius 2 is 0.736 bits per heavy atom. The molecule has 0 N–H and O–H groups in total. The van der Waals surface area contributed by atoms with Gasteiger partial charge in [-0.25, -0.2) is 0 Å². The summed E-state index contributed by atoms with van der Waals surface area (Å²) in [5.41, 5.74) is 11.2. The highest BCUT2D eigenvalue weighted by Crippen LogP contribution is 2.50. The van der Waals surface area contributed by atoms with E-state index in [1.54, 1.807) is 0 Å². The Balaban J connectivity index is 1.21. The molecule has 0 saturated carbocycles. The quantitative estimate of drug-likeness (QED) is 0.113. The van der Waals surface area contributed by atoms with Crippen LogP contribution in [-0.4, -0.2) is 8.07 Å². The van der Waals surface area contributed by atoms with Gasteiger partial charge in [-0.3, -0.25) is 0 Å². The van der Waals surface area contributed by atoms with Gasteiger partial charge in [0.05, 0.1) is 0 Å². The molecule has 1 aliphatic carbocycles. The van der Waals surface area contributed by atoms with Crippen molar-refractivity contribution >= 4 is 45.9 Å². The number of hydrogen-bond donors (Lipinski definition) is 0. The molecular weight excluding hydrogens is 655 g/mol. The Morgan fingerprint density at radius 3 is 1.28 bits per heavy atom. The molecule has 0 heterocycles. The molecule has 0 bridgehead atoms. The molecule has 0 aromatic heterocycles. The van der Waals surface area contributed by atoms with E-state index >= 15 is 0 Å². The molecule has 9 rings (SSSR count). The Kier molecular flexibility index (Phi) is 8.26. The summed E-state index contributed by atoms with van der Waals surface area (Å²) in [4.78, 5) is 2.43. The lowest BCUT2D eigenvalue weighted by molar-refractivity contribution is 0.660. The first-order valence-corrected chi connectivity index (χ1v) is 20.5. The van der Waals surface area contributed by atoms with Gasteiger partial charge in [-0.2, -0.15) is 0 Å². The topological polar surface area (TPSA) is 3.24 Å². The molecule has 0 amide bonds. The Labute approximate surface area is 314 Å². The van der Waals surface area contributed by atoms with Crippen LogP contribution in [0, 0.1) is 0 Å². The third-order valence-corrected chi connectivity index (χ3v) is 16.0. The summed E-state index contributed by atoms with van der Waals surface area (Å²) in [7, 11) is -2.65. The fourth-order valence-electron chi connectivity index (χ4n) is 8.64. The van der Waals surface area contributed by atoms with E-state index < -0.39 is 8.07 Å². The van der Waals surface area contributed by atoms with Gasteiger partial charge in [-0.15, -0.1) is 0 Å². The third-order valence-electron chi connectivity index (χ3n) is 11.2. The third kappa shape index (κ3) is 5.55. The van der Waals surface area contributed by atoms with Crippen molar-refractivity contribution in [1.29, 1.82) is 0 Å². The van der Waals surface area contributed by atoms with Crippen LogP contribution in [0.3, 0.4) is 0 Å². The van der Waals surface area contributed by atoms with Crippen LogP contribution < -0.4 is 25.6 Å². The predicted molar refractivity (Wildman–Crippen MR) is 228 cm³/mol. The summed E-state index contributed by atoms with van der Waals surface area (Å²) in [5.74, 6) is 0. The van der Waals surface area contributed by atoms with Gasteiger partial charge < -0.3 is 4.90 Å². The first-order chi connectivity index (χ1) is 26.0. The summed E-state index contributed by atoms with van der Waals surface area (Å²) >= 11 is 0. The van der Waals surface area contributed by atoms with E-state index in [9.17, 15) is 0 Å². The minimum absolute atomic E-state index is 0.0963. The van der Waals surface area contributed by atoms with E-state index in [2.05, 4.69) is 231 Å². The first kappa shape index (κ1) is 32.7. The maximum atomic E-state index is 2.43. The molecule has 53 heavy (non-hydrogen) atoms. The van der Waals surface area contributed by atoms with Crippen molar-refractivity contribution in [3.05, 3.63) is 223 Å². The van der Waals surface area contributed by atoms with Crippen LogP contribution in [-0.2, 0) is 5.41 Å². The molecule has 0 spiro atoms. The highest BCUT2D eigenvalue weighted by atomic mass is 28.3. The highest BCUT2D eigenvalue weighted by molar-refractivity contribution is 7.19. The number of nitrogens with zero attached hydrogens (tertiary/aromatic N) is 1. The standard InChI is InChI=1S/C51H41NSi/c1-51(2)49-26-16-15-25-47(49)48-36-33-42(37-50(48)51)52(40-29-27-39(28-30-40)38-17-7-3-8-18-38)41-31-34-46(35-32-41)53(43-19-9-4-10-20-43,44-21-11-5-12-22-44)45-23-13-6-14-24-45/h3-37H,1-2H3. The molecule has 8 aromatic rings. The normalized spacial score (nSPS) is 12.9. The molecular formula is C51H41NSi. The molecule has 8 aromatic carbocycles. The molecule has 0 unspecified atom stereocenters.